The minimum Gasteiger partial charge on any atom is -0.305 e. The van der Waals surface area contributed by atoms with Crippen molar-refractivity contribution in [1.82, 2.24) is 0 Å². The summed E-state index contributed by atoms with van der Waals surface area (Å²) < 4.78 is 14.1. The van der Waals surface area contributed by atoms with E-state index in [-0.39, 0.29) is 11.3 Å². The molecule has 0 unspecified atom stereocenters. The number of ketones is 1. The summed E-state index contributed by atoms with van der Waals surface area (Å²) in [6, 6.07) is 39.1. The Morgan fingerprint density at radius 3 is 1.50 bits per heavy atom. The third-order valence-corrected chi connectivity index (χ3v) is 10.2. The number of hydrogen-bond acceptors (Lipinski definition) is 6. The summed E-state index contributed by atoms with van der Waals surface area (Å²) in [5.41, 5.74) is 3.46. The quantitative estimate of drug-likeness (QED) is 0.0461. The van der Waals surface area contributed by atoms with Crippen LogP contribution in [-0.2, 0) is 14.3 Å². The first-order valence-corrected chi connectivity index (χ1v) is 17.8. The summed E-state index contributed by atoms with van der Waals surface area (Å²) in [6.07, 6.45) is 1.80. The number of carbonyl (C=O) groups is 3. The van der Waals surface area contributed by atoms with Crippen molar-refractivity contribution in [2.24, 2.45) is 0 Å². The van der Waals surface area contributed by atoms with E-state index in [0.29, 0.717) is 39.5 Å². The van der Waals surface area contributed by atoms with Gasteiger partial charge >= 0.3 is 5.97 Å². The van der Waals surface area contributed by atoms with Crippen molar-refractivity contribution in [2.45, 2.75) is 47.5 Å². The van der Waals surface area contributed by atoms with Crippen LogP contribution in [0.25, 0.3) is 0 Å². The van der Waals surface area contributed by atoms with E-state index in [0.717, 1.165) is 24.0 Å². The molecule has 7 heteroatoms. The first-order chi connectivity index (χ1) is 23.3. The lowest BCUT2D eigenvalue weighted by molar-refractivity contribution is -0.241. The Kier molecular flexibility index (Phi) is 14.9. The zero-order valence-electron chi connectivity index (χ0n) is 28.2. The number of unbranched alkanes of at least 4 members (excludes halogenated alkanes) is 1. The lowest BCUT2D eigenvalue weighted by Crippen LogP contribution is -2.23. The summed E-state index contributed by atoms with van der Waals surface area (Å²) in [6.45, 7) is 10.2. The molecule has 0 N–H and O–H groups in total. The molecule has 0 saturated carbocycles. The van der Waals surface area contributed by atoms with Crippen molar-refractivity contribution in [2.75, 3.05) is 6.61 Å². The van der Waals surface area contributed by atoms with E-state index in [1.165, 1.54) is 0 Å². The van der Waals surface area contributed by atoms with Gasteiger partial charge in [0.05, 0.1) is 12.2 Å². The largest absolute Gasteiger partial charge is 0.373 e. The fourth-order valence-electron chi connectivity index (χ4n) is 4.83. The van der Waals surface area contributed by atoms with E-state index < -0.39 is 13.1 Å². The van der Waals surface area contributed by atoms with Crippen LogP contribution in [0.4, 0.5) is 0 Å². The van der Waals surface area contributed by atoms with E-state index in [4.69, 9.17) is 9.78 Å². The van der Waals surface area contributed by atoms with E-state index in [1.54, 1.807) is 60.7 Å². The molecule has 5 aromatic rings. The van der Waals surface area contributed by atoms with Gasteiger partial charge in [0.25, 0.3) is 0 Å². The van der Waals surface area contributed by atoms with Gasteiger partial charge in [0.1, 0.15) is 0 Å². The third kappa shape index (κ3) is 9.57. The van der Waals surface area contributed by atoms with Crippen molar-refractivity contribution in [3.05, 3.63) is 167 Å². The molecule has 0 atom stereocenters. The molecule has 0 aliphatic heterocycles. The Balaban J connectivity index is 0.000000249. The zero-order chi connectivity index (χ0) is 34.9. The number of benzene rings is 5. The summed E-state index contributed by atoms with van der Waals surface area (Å²) in [5, 5.41) is 1.15. The molecule has 0 aromatic heterocycles. The van der Waals surface area contributed by atoms with Gasteiger partial charge in [-0.05, 0) is 43.5 Å². The number of carbonyl (C=O) groups excluding carboxylic acids is 3. The van der Waals surface area contributed by atoms with Gasteiger partial charge in [-0.15, -0.1) is 0 Å². The molecule has 248 valence electrons. The molecular weight excluding hydrogens is 619 g/mol. The van der Waals surface area contributed by atoms with Crippen LogP contribution >= 0.6 is 7.14 Å². The molecule has 0 heterocycles. The highest BCUT2D eigenvalue weighted by Crippen LogP contribution is 2.47. The fourth-order valence-corrected chi connectivity index (χ4v) is 7.45. The maximum atomic E-state index is 14.1. The van der Waals surface area contributed by atoms with Crippen LogP contribution in [0.2, 0.25) is 0 Å². The molecule has 0 aliphatic carbocycles. The van der Waals surface area contributed by atoms with Crippen LogP contribution < -0.4 is 10.6 Å². The summed E-state index contributed by atoms with van der Waals surface area (Å²) in [7, 11) is -3.43. The van der Waals surface area contributed by atoms with E-state index in [9.17, 15) is 18.9 Å². The number of hydrogen-bond donors (Lipinski definition) is 0. The molecule has 0 spiro atoms. The van der Waals surface area contributed by atoms with Gasteiger partial charge in [0.2, 0.25) is 12.7 Å². The van der Waals surface area contributed by atoms with Crippen molar-refractivity contribution >= 4 is 35.0 Å². The molecule has 5 rings (SSSR count). The predicted octanol–water partition coefficient (Wildman–Crippen LogP) is 9.29. The molecule has 0 bridgehead atoms. The molecule has 0 radical (unpaired) electrons. The topological polar surface area (TPSA) is 86.7 Å². The lowest BCUT2D eigenvalue weighted by atomic mass is 10.0. The zero-order valence-corrected chi connectivity index (χ0v) is 29.1. The Morgan fingerprint density at radius 2 is 1.02 bits per heavy atom. The average Bonchev–Trinajstić information content (AvgIpc) is 3.14. The highest BCUT2D eigenvalue weighted by molar-refractivity contribution is 7.93. The van der Waals surface area contributed by atoms with Crippen molar-refractivity contribution < 1.29 is 28.7 Å². The SMILES string of the molecule is CC.CCCCOOC(=O)c1ccc(C(=O)c2ccccc2)cc1.Cc1cccc(C)c1C(=O)P(=O)(c1ccccc1)c1ccccc1. The minimum atomic E-state index is -3.43. The number of rotatable bonds is 11. The number of aryl methyl sites for hydroxylation is 2. The van der Waals surface area contributed by atoms with Crippen LogP contribution in [0.5, 0.6) is 0 Å². The van der Waals surface area contributed by atoms with Crippen LogP contribution in [-0.4, -0.2) is 23.9 Å². The van der Waals surface area contributed by atoms with Crippen molar-refractivity contribution in [1.29, 1.82) is 0 Å². The third-order valence-electron chi connectivity index (χ3n) is 7.36. The minimum absolute atomic E-state index is 0.0836. The van der Waals surface area contributed by atoms with Crippen LogP contribution in [0.15, 0.2) is 133 Å². The van der Waals surface area contributed by atoms with Crippen LogP contribution in [0.3, 0.4) is 0 Å². The second-order valence-electron chi connectivity index (χ2n) is 10.7. The lowest BCUT2D eigenvalue weighted by Gasteiger charge is -2.20. The van der Waals surface area contributed by atoms with Gasteiger partial charge in [0.15, 0.2) is 5.78 Å². The second kappa shape index (κ2) is 19.0. The van der Waals surface area contributed by atoms with E-state index in [1.807, 2.05) is 107 Å². The standard InChI is InChI=1S/C21H19O2P.C18H18O4.C2H6/c1-16-10-9-11-17(2)20(16)21(22)24(23,18-12-5-3-6-13-18)19-14-7-4-8-15-19;1-2-3-13-21-22-18(20)16-11-9-15(10-12-16)17(19)14-7-5-4-6-8-14;1-2/h3-15H,1-2H3;4-12H,2-3,13H2,1H3;1-2H3. The van der Waals surface area contributed by atoms with Gasteiger partial charge in [-0.1, -0.05) is 149 Å². The Labute approximate surface area is 284 Å². The summed E-state index contributed by atoms with van der Waals surface area (Å²) in [5.74, 6) is -0.644. The fraction of sp³-hybridized carbons (Fsp3) is 0.195. The summed E-state index contributed by atoms with van der Waals surface area (Å²) in [4.78, 5) is 46.9. The molecule has 6 nitrogen and oxygen atoms in total. The van der Waals surface area contributed by atoms with E-state index in [2.05, 4.69) is 0 Å². The molecule has 5 aromatic carbocycles. The van der Waals surface area contributed by atoms with Gasteiger partial charge < -0.3 is 4.57 Å². The molecule has 48 heavy (non-hydrogen) atoms. The van der Waals surface area contributed by atoms with Crippen molar-refractivity contribution in [3.63, 3.8) is 0 Å². The van der Waals surface area contributed by atoms with E-state index >= 15 is 0 Å². The Morgan fingerprint density at radius 1 is 0.583 bits per heavy atom. The Bertz CT molecular complexity index is 1740. The van der Waals surface area contributed by atoms with Crippen LogP contribution in [0.1, 0.15) is 81.4 Å². The summed E-state index contributed by atoms with van der Waals surface area (Å²) >= 11 is 0. The maximum absolute atomic E-state index is 14.1. The monoisotopic (exact) mass is 662 g/mol. The van der Waals surface area contributed by atoms with Gasteiger partial charge in [-0.25, -0.2) is 4.79 Å². The van der Waals surface area contributed by atoms with Gasteiger partial charge in [0, 0.05) is 27.3 Å². The first-order valence-electron chi connectivity index (χ1n) is 16.1. The highest BCUT2D eigenvalue weighted by atomic mass is 31.2. The highest BCUT2D eigenvalue weighted by Gasteiger charge is 2.37. The predicted molar refractivity (Wildman–Crippen MR) is 194 cm³/mol. The molecule has 0 fully saturated rings. The second-order valence-corrected chi connectivity index (χ2v) is 13.3. The van der Waals surface area contributed by atoms with Crippen molar-refractivity contribution in [3.8, 4) is 0 Å². The Hall–Kier alpha value is -4.90. The normalized spacial score (nSPS) is 10.4. The molecule has 0 saturated heterocycles. The molecular formula is C41H43O6P. The van der Waals surface area contributed by atoms with Gasteiger partial charge in [-0.2, -0.15) is 4.89 Å². The molecule has 0 amide bonds. The maximum Gasteiger partial charge on any atom is 0.373 e. The smallest absolute Gasteiger partial charge is 0.305 e. The average molecular weight is 663 g/mol. The van der Waals surface area contributed by atoms with Crippen LogP contribution in [0, 0.1) is 13.8 Å². The van der Waals surface area contributed by atoms with Gasteiger partial charge in [-0.3, -0.25) is 14.5 Å². The molecule has 0 aliphatic rings. The first kappa shape index (κ1) is 37.6.